The van der Waals surface area contributed by atoms with Gasteiger partial charge in [-0.15, -0.1) is 0 Å². The summed E-state index contributed by atoms with van der Waals surface area (Å²) in [5, 5.41) is 7.51. The second-order valence-electron chi connectivity index (χ2n) is 7.87. The van der Waals surface area contributed by atoms with Crippen LogP contribution in [0.2, 0.25) is 0 Å². The maximum Gasteiger partial charge on any atom is 0.255 e. The molecule has 4 aromatic rings. The monoisotopic (exact) mass is 414 g/mol. The summed E-state index contributed by atoms with van der Waals surface area (Å²) in [5.41, 5.74) is 7.54. The number of amides is 1. The third-order valence-electron chi connectivity index (χ3n) is 5.64. The molecule has 2 aromatic carbocycles. The molecular weight excluding hydrogens is 388 g/mol. The van der Waals surface area contributed by atoms with Gasteiger partial charge in [0, 0.05) is 22.5 Å². The van der Waals surface area contributed by atoms with E-state index in [0.717, 1.165) is 39.7 Å². The Labute approximate surface area is 181 Å². The molecule has 6 heteroatoms. The minimum Gasteiger partial charge on any atom is -0.441 e. The van der Waals surface area contributed by atoms with Gasteiger partial charge in [0.2, 0.25) is 5.89 Å². The zero-order valence-electron chi connectivity index (χ0n) is 18.5. The third-order valence-corrected chi connectivity index (χ3v) is 5.64. The maximum absolute atomic E-state index is 12.4. The fraction of sp³-hybridized carbons (Fsp3) is 0.240. The van der Waals surface area contributed by atoms with E-state index in [1.54, 1.807) is 0 Å². The lowest BCUT2D eigenvalue weighted by Gasteiger charge is -2.06. The predicted octanol–water partition coefficient (Wildman–Crippen LogP) is 5.38. The van der Waals surface area contributed by atoms with Gasteiger partial charge in [-0.25, -0.2) is 4.98 Å². The lowest BCUT2D eigenvalue weighted by Crippen LogP contribution is -2.11. The molecule has 0 bridgehead atoms. The number of hydrogen-bond acceptors (Lipinski definition) is 4. The maximum atomic E-state index is 12.4. The molecule has 6 nitrogen and oxygen atoms in total. The summed E-state index contributed by atoms with van der Waals surface area (Å²) in [5.74, 6) is 1.20. The summed E-state index contributed by atoms with van der Waals surface area (Å²) in [6.45, 7) is 10.6. The molecule has 0 aliphatic rings. The first kappa shape index (κ1) is 20.6. The topological polar surface area (TPSA) is 73.0 Å². The van der Waals surface area contributed by atoms with Crippen molar-refractivity contribution in [2.75, 3.05) is 5.32 Å². The van der Waals surface area contributed by atoms with Gasteiger partial charge in [-0.3, -0.25) is 9.48 Å². The Morgan fingerprint density at radius 2 is 1.65 bits per heavy atom. The van der Waals surface area contributed by atoms with E-state index < -0.39 is 0 Å². The molecule has 0 atom stereocenters. The van der Waals surface area contributed by atoms with Gasteiger partial charge in [0.05, 0.1) is 12.2 Å². The molecule has 0 radical (unpaired) electrons. The number of carbonyl (C=O) groups is 1. The van der Waals surface area contributed by atoms with Gasteiger partial charge in [0.15, 0.2) is 0 Å². The average molecular weight is 415 g/mol. The first-order valence-electron chi connectivity index (χ1n) is 10.3. The SMILES string of the molecule is Cc1ccc(C(=O)Nc2ccc(-c3nc(Cn4nc(C)c(C)c4C)c(C)o3)cc2)cc1. The molecule has 0 saturated carbocycles. The Bertz CT molecular complexity index is 1230. The Kier molecular flexibility index (Phi) is 5.46. The van der Waals surface area contributed by atoms with Crippen molar-refractivity contribution in [3.8, 4) is 11.5 Å². The Morgan fingerprint density at radius 3 is 2.26 bits per heavy atom. The molecule has 31 heavy (non-hydrogen) atoms. The Hall–Kier alpha value is -3.67. The normalized spacial score (nSPS) is 11.0. The third kappa shape index (κ3) is 4.28. The molecule has 0 aliphatic heterocycles. The van der Waals surface area contributed by atoms with Crippen LogP contribution in [0, 0.1) is 34.6 Å². The number of benzene rings is 2. The van der Waals surface area contributed by atoms with E-state index in [4.69, 9.17) is 4.42 Å². The van der Waals surface area contributed by atoms with E-state index in [0.29, 0.717) is 18.0 Å². The van der Waals surface area contributed by atoms with Crippen LogP contribution in [0.3, 0.4) is 0 Å². The van der Waals surface area contributed by atoms with Gasteiger partial charge >= 0.3 is 0 Å². The highest BCUT2D eigenvalue weighted by Gasteiger charge is 2.15. The van der Waals surface area contributed by atoms with Gasteiger partial charge in [0.25, 0.3) is 5.91 Å². The van der Waals surface area contributed by atoms with Crippen molar-refractivity contribution in [3.05, 3.63) is 88.1 Å². The van der Waals surface area contributed by atoms with E-state index in [2.05, 4.69) is 29.2 Å². The van der Waals surface area contributed by atoms with Crippen LogP contribution in [0.15, 0.2) is 52.9 Å². The first-order valence-corrected chi connectivity index (χ1v) is 10.3. The van der Waals surface area contributed by atoms with E-state index in [9.17, 15) is 4.79 Å². The van der Waals surface area contributed by atoms with Crippen LogP contribution in [-0.4, -0.2) is 20.7 Å². The van der Waals surface area contributed by atoms with Crippen LogP contribution in [0.4, 0.5) is 5.69 Å². The van der Waals surface area contributed by atoms with E-state index in [1.807, 2.05) is 74.0 Å². The quantitative estimate of drug-likeness (QED) is 0.476. The number of nitrogens with zero attached hydrogens (tertiary/aromatic N) is 3. The molecular formula is C25H26N4O2. The van der Waals surface area contributed by atoms with Crippen LogP contribution in [0.1, 0.15) is 44.3 Å². The Balaban J connectivity index is 1.49. The molecule has 0 saturated heterocycles. The minimum atomic E-state index is -0.137. The molecule has 0 unspecified atom stereocenters. The summed E-state index contributed by atoms with van der Waals surface area (Å²) >= 11 is 0. The van der Waals surface area contributed by atoms with Gasteiger partial charge < -0.3 is 9.73 Å². The van der Waals surface area contributed by atoms with Crippen molar-refractivity contribution in [1.82, 2.24) is 14.8 Å². The summed E-state index contributed by atoms with van der Waals surface area (Å²) in [7, 11) is 0. The molecule has 2 aromatic heterocycles. The van der Waals surface area contributed by atoms with E-state index in [1.165, 1.54) is 5.56 Å². The predicted molar refractivity (Wildman–Crippen MR) is 121 cm³/mol. The summed E-state index contributed by atoms with van der Waals surface area (Å²) in [4.78, 5) is 17.1. The molecule has 0 aliphatic carbocycles. The zero-order chi connectivity index (χ0) is 22.1. The van der Waals surface area contributed by atoms with Crippen molar-refractivity contribution in [1.29, 1.82) is 0 Å². The van der Waals surface area contributed by atoms with Crippen molar-refractivity contribution >= 4 is 11.6 Å². The molecule has 158 valence electrons. The molecule has 0 spiro atoms. The summed E-state index contributed by atoms with van der Waals surface area (Å²) < 4.78 is 7.87. The van der Waals surface area contributed by atoms with Crippen molar-refractivity contribution in [2.45, 2.75) is 41.2 Å². The van der Waals surface area contributed by atoms with Gasteiger partial charge in [-0.1, -0.05) is 17.7 Å². The molecule has 4 rings (SSSR count). The Morgan fingerprint density at radius 1 is 0.968 bits per heavy atom. The average Bonchev–Trinajstić information content (AvgIpc) is 3.23. The number of carbonyl (C=O) groups excluding carboxylic acids is 1. The molecule has 2 heterocycles. The van der Waals surface area contributed by atoms with E-state index >= 15 is 0 Å². The zero-order valence-corrected chi connectivity index (χ0v) is 18.5. The van der Waals surface area contributed by atoms with E-state index in [-0.39, 0.29) is 5.91 Å². The summed E-state index contributed by atoms with van der Waals surface area (Å²) in [6.07, 6.45) is 0. The number of aromatic nitrogens is 3. The smallest absolute Gasteiger partial charge is 0.255 e. The number of rotatable bonds is 5. The van der Waals surface area contributed by atoms with Crippen molar-refractivity contribution in [2.24, 2.45) is 0 Å². The standard InChI is InChI=1S/C25H26N4O2/c1-15-6-8-20(9-7-15)24(30)26-22-12-10-21(11-13-22)25-27-23(19(5)31-25)14-29-18(4)16(2)17(3)28-29/h6-13H,14H2,1-5H3,(H,26,30). The highest BCUT2D eigenvalue weighted by Crippen LogP contribution is 2.24. The first-order chi connectivity index (χ1) is 14.8. The number of hydrogen-bond donors (Lipinski definition) is 1. The number of nitrogens with one attached hydrogen (secondary N) is 1. The van der Waals surface area contributed by atoms with Crippen molar-refractivity contribution in [3.63, 3.8) is 0 Å². The van der Waals surface area contributed by atoms with Gasteiger partial charge in [-0.05, 0) is 76.6 Å². The van der Waals surface area contributed by atoms with Crippen LogP contribution >= 0.6 is 0 Å². The molecule has 0 fully saturated rings. The van der Waals surface area contributed by atoms with Crippen LogP contribution in [-0.2, 0) is 6.54 Å². The highest BCUT2D eigenvalue weighted by molar-refractivity contribution is 6.04. The highest BCUT2D eigenvalue weighted by atomic mass is 16.4. The van der Waals surface area contributed by atoms with Gasteiger partial charge in [0.1, 0.15) is 11.5 Å². The minimum absolute atomic E-state index is 0.137. The van der Waals surface area contributed by atoms with Crippen LogP contribution < -0.4 is 5.32 Å². The van der Waals surface area contributed by atoms with Crippen molar-refractivity contribution < 1.29 is 9.21 Å². The fourth-order valence-electron chi connectivity index (χ4n) is 3.38. The number of aryl methyl sites for hydroxylation is 3. The summed E-state index contributed by atoms with van der Waals surface area (Å²) in [6, 6.07) is 15.0. The molecule has 1 N–H and O–H groups in total. The lowest BCUT2D eigenvalue weighted by atomic mass is 10.1. The van der Waals surface area contributed by atoms with Crippen LogP contribution in [0.5, 0.6) is 0 Å². The second-order valence-corrected chi connectivity index (χ2v) is 7.87. The van der Waals surface area contributed by atoms with Gasteiger partial charge in [-0.2, -0.15) is 5.10 Å². The number of oxazole rings is 1. The fourth-order valence-corrected chi connectivity index (χ4v) is 3.38. The lowest BCUT2D eigenvalue weighted by molar-refractivity contribution is 0.102. The molecule has 1 amide bonds. The second kappa shape index (κ2) is 8.22. The largest absolute Gasteiger partial charge is 0.441 e. The number of anilines is 1. The van der Waals surface area contributed by atoms with Crippen LogP contribution in [0.25, 0.3) is 11.5 Å².